The van der Waals surface area contributed by atoms with Crippen molar-refractivity contribution in [2.45, 2.75) is 11.3 Å². The topological polar surface area (TPSA) is 84.9 Å². The van der Waals surface area contributed by atoms with Crippen LogP contribution in [0.15, 0.2) is 41.3 Å². The molecule has 1 aliphatic heterocycles. The number of carbonyl (C=O) groups is 1. The van der Waals surface area contributed by atoms with Crippen LogP contribution in [0.2, 0.25) is 5.02 Å². The van der Waals surface area contributed by atoms with Crippen LogP contribution in [-0.2, 0) is 21.2 Å². The van der Waals surface area contributed by atoms with Gasteiger partial charge in [-0.25, -0.2) is 12.7 Å². The highest BCUT2D eigenvalue weighted by Gasteiger charge is 2.27. The van der Waals surface area contributed by atoms with Crippen molar-refractivity contribution >= 4 is 33.2 Å². The number of hydrogen-bond acceptors (Lipinski definition) is 5. The first-order valence-electron chi connectivity index (χ1n) is 8.17. The quantitative estimate of drug-likeness (QED) is 0.791. The summed E-state index contributed by atoms with van der Waals surface area (Å²) in [6.07, 6.45) is 0.481. The van der Waals surface area contributed by atoms with Crippen LogP contribution < -0.4 is 14.8 Å². The van der Waals surface area contributed by atoms with Crippen molar-refractivity contribution < 1.29 is 22.7 Å². The molecule has 2 aromatic carbocycles. The zero-order valence-corrected chi connectivity index (χ0v) is 16.4. The van der Waals surface area contributed by atoms with Gasteiger partial charge in [-0.3, -0.25) is 4.79 Å². The molecule has 0 bridgehead atoms. The molecule has 2 aromatic rings. The van der Waals surface area contributed by atoms with Crippen molar-refractivity contribution in [1.82, 2.24) is 4.31 Å². The molecule has 7 nitrogen and oxygen atoms in total. The first-order valence-corrected chi connectivity index (χ1v) is 9.99. The summed E-state index contributed by atoms with van der Waals surface area (Å²) >= 11 is 6.17. The largest absolute Gasteiger partial charge is 0.496 e. The lowest BCUT2D eigenvalue weighted by Crippen LogP contribution is -2.30. The molecule has 0 fully saturated rings. The number of likely N-dealkylation sites (N-methyl/N-ethyl adjacent to an activating group) is 1. The van der Waals surface area contributed by atoms with E-state index in [9.17, 15) is 13.2 Å². The number of rotatable bonds is 6. The number of nitrogens with one attached hydrogen (secondary N) is 1. The van der Waals surface area contributed by atoms with Gasteiger partial charge in [-0.15, -0.1) is 0 Å². The highest BCUT2D eigenvalue weighted by molar-refractivity contribution is 7.89. The summed E-state index contributed by atoms with van der Waals surface area (Å²) in [5.41, 5.74) is 1.26. The first kappa shape index (κ1) is 19.5. The van der Waals surface area contributed by atoms with Gasteiger partial charge in [-0.1, -0.05) is 29.8 Å². The van der Waals surface area contributed by atoms with E-state index in [1.165, 1.54) is 23.5 Å². The van der Waals surface area contributed by atoms with E-state index in [0.717, 1.165) is 5.56 Å². The molecule has 1 heterocycles. The highest BCUT2D eigenvalue weighted by atomic mass is 35.5. The highest BCUT2D eigenvalue weighted by Crippen LogP contribution is 2.36. The Balaban J connectivity index is 1.82. The van der Waals surface area contributed by atoms with E-state index in [0.29, 0.717) is 17.9 Å². The fraction of sp³-hybridized carbons (Fsp3) is 0.278. The van der Waals surface area contributed by atoms with Crippen LogP contribution >= 0.6 is 11.6 Å². The molecule has 27 heavy (non-hydrogen) atoms. The fourth-order valence-corrected chi connectivity index (χ4v) is 4.44. The lowest BCUT2D eigenvalue weighted by Gasteiger charge is -2.22. The van der Waals surface area contributed by atoms with Gasteiger partial charge in [0.25, 0.3) is 5.91 Å². The van der Waals surface area contributed by atoms with E-state index >= 15 is 0 Å². The van der Waals surface area contributed by atoms with Gasteiger partial charge in [0.1, 0.15) is 16.4 Å². The minimum atomic E-state index is -3.84. The zero-order valence-electron chi connectivity index (χ0n) is 14.9. The summed E-state index contributed by atoms with van der Waals surface area (Å²) in [5.74, 6) is 0.665. The van der Waals surface area contributed by atoms with Gasteiger partial charge in [0.05, 0.1) is 17.8 Å². The molecule has 0 saturated carbocycles. The number of fused-ring (bicyclic) bond motifs is 1. The number of anilines is 1. The molecule has 144 valence electrons. The lowest BCUT2D eigenvalue weighted by molar-refractivity contribution is -0.118. The number of benzene rings is 2. The van der Waals surface area contributed by atoms with Crippen molar-refractivity contribution in [1.29, 1.82) is 0 Å². The summed E-state index contributed by atoms with van der Waals surface area (Å²) in [5, 5.41) is 2.61. The van der Waals surface area contributed by atoms with Crippen molar-refractivity contribution in [2.24, 2.45) is 0 Å². The molecule has 0 radical (unpaired) electrons. The van der Waals surface area contributed by atoms with E-state index in [4.69, 9.17) is 21.1 Å². The molecule has 0 aliphatic carbocycles. The van der Waals surface area contributed by atoms with E-state index in [1.807, 2.05) is 24.3 Å². The number of hydrogen-bond donors (Lipinski definition) is 1. The molecule has 0 saturated heterocycles. The van der Waals surface area contributed by atoms with Gasteiger partial charge in [0.15, 0.2) is 6.61 Å². The Morgan fingerprint density at radius 1 is 1.30 bits per heavy atom. The third kappa shape index (κ3) is 4.02. The minimum absolute atomic E-state index is 0.0173. The van der Waals surface area contributed by atoms with Gasteiger partial charge >= 0.3 is 0 Å². The number of methoxy groups -OCH3 is 1. The number of ether oxygens (including phenoxy) is 2. The molecular weight excluding hydrogens is 392 g/mol. The SMILES string of the molecule is COc1ccccc1CCN(C)S(=O)(=O)c1cc2c(cc1Cl)NC(=O)CO2. The summed E-state index contributed by atoms with van der Waals surface area (Å²) < 4.78 is 37.7. The van der Waals surface area contributed by atoms with Gasteiger partial charge in [-0.05, 0) is 24.1 Å². The van der Waals surface area contributed by atoms with Gasteiger partial charge in [0, 0.05) is 19.7 Å². The Kier molecular flexibility index (Phi) is 5.59. The lowest BCUT2D eigenvalue weighted by atomic mass is 10.1. The molecule has 1 amide bonds. The molecule has 0 spiro atoms. The van der Waals surface area contributed by atoms with Gasteiger partial charge in [-0.2, -0.15) is 0 Å². The monoisotopic (exact) mass is 410 g/mol. The predicted octanol–water partition coefficient (Wildman–Crippen LogP) is 2.54. The van der Waals surface area contributed by atoms with Crippen molar-refractivity contribution in [3.8, 4) is 11.5 Å². The predicted molar refractivity (Wildman–Crippen MR) is 102 cm³/mol. The number of sulfonamides is 1. The molecule has 3 rings (SSSR count). The van der Waals surface area contributed by atoms with Gasteiger partial charge < -0.3 is 14.8 Å². The number of halogens is 1. The summed E-state index contributed by atoms with van der Waals surface area (Å²) in [4.78, 5) is 11.3. The maximum atomic E-state index is 12.9. The number of para-hydroxylation sites is 1. The number of amides is 1. The summed E-state index contributed by atoms with van der Waals surface area (Å²) in [6.45, 7) is 0.0749. The maximum absolute atomic E-state index is 12.9. The summed E-state index contributed by atoms with van der Waals surface area (Å²) in [7, 11) is -0.775. The third-order valence-electron chi connectivity index (χ3n) is 4.24. The molecule has 9 heteroatoms. The van der Waals surface area contributed by atoms with Crippen LogP contribution in [0.4, 0.5) is 5.69 Å². The van der Waals surface area contributed by atoms with E-state index in [1.54, 1.807) is 7.11 Å². The smallest absolute Gasteiger partial charge is 0.262 e. The molecule has 0 aromatic heterocycles. The fourth-order valence-electron chi connectivity index (χ4n) is 2.75. The zero-order chi connectivity index (χ0) is 19.6. The maximum Gasteiger partial charge on any atom is 0.262 e. The van der Waals surface area contributed by atoms with Crippen LogP contribution in [-0.4, -0.2) is 45.9 Å². The van der Waals surface area contributed by atoms with E-state index in [-0.39, 0.29) is 34.7 Å². The Morgan fingerprint density at radius 2 is 2.04 bits per heavy atom. The van der Waals surface area contributed by atoms with Crippen molar-refractivity contribution in [2.75, 3.05) is 32.6 Å². The molecule has 0 atom stereocenters. The average molecular weight is 411 g/mol. The second-order valence-electron chi connectivity index (χ2n) is 6.00. The Labute approximate surface area is 162 Å². The standard InChI is InChI=1S/C18H19ClN2O5S/c1-21(8-7-12-5-3-4-6-15(12)25-2)27(23,24)17-10-16-14(9-13(17)19)20-18(22)11-26-16/h3-6,9-10H,7-8,11H2,1-2H3,(H,20,22). The van der Waals surface area contributed by atoms with Crippen LogP contribution in [0, 0.1) is 0 Å². The molecule has 1 aliphatic rings. The van der Waals surface area contributed by atoms with Crippen LogP contribution in [0.5, 0.6) is 11.5 Å². The second kappa shape index (κ2) is 7.75. The van der Waals surface area contributed by atoms with E-state index < -0.39 is 10.0 Å². The molecule has 1 N–H and O–H groups in total. The van der Waals surface area contributed by atoms with Gasteiger partial charge in [0.2, 0.25) is 10.0 Å². The Hall–Kier alpha value is -2.29. The first-order chi connectivity index (χ1) is 12.8. The average Bonchev–Trinajstić information content (AvgIpc) is 2.65. The van der Waals surface area contributed by atoms with Crippen LogP contribution in [0.1, 0.15) is 5.56 Å². The van der Waals surface area contributed by atoms with E-state index in [2.05, 4.69) is 5.32 Å². The van der Waals surface area contributed by atoms with Crippen molar-refractivity contribution in [3.63, 3.8) is 0 Å². The minimum Gasteiger partial charge on any atom is -0.496 e. The Morgan fingerprint density at radius 3 is 2.78 bits per heavy atom. The third-order valence-corrected chi connectivity index (χ3v) is 6.57. The van der Waals surface area contributed by atoms with Crippen molar-refractivity contribution in [3.05, 3.63) is 47.0 Å². The summed E-state index contributed by atoms with van der Waals surface area (Å²) in [6, 6.07) is 10.2. The second-order valence-corrected chi connectivity index (χ2v) is 8.42. The molecule has 0 unspecified atom stereocenters. The Bertz CT molecular complexity index is 978. The van der Waals surface area contributed by atoms with Crippen LogP contribution in [0.25, 0.3) is 0 Å². The molecular formula is C18H19ClN2O5S. The van der Waals surface area contributed by atoms with Crippen LogP contribution in [0.3, 0.4) is 0 Å². The number of carbonyl (C=O) groups excluding carboxylic acids is 1. The normalized spacial score (nSPS) is 13.7. The number of nitrogens with zero attached hydrogens (tertiary/aromatic N) is 1.